The van der Waals surface area contributed by atoms with E-state index in [2.05, 4.69) is 0 Å². The molecular formula is C32H36F7N3O4. The summed E-state index contributed by atoms with van der Waals surface area (Å²) in [6.45, 7) is 3.25. The Morgan fingerprint density at radius 3 is 2.00 bits per heavy atom. The maximum absolute atomic E-state index is 14.0. The van der Waals surface area contributed by atoms with E-state index in [1.54, 1.807) is 11.8 Å². The molecule has 0 saturated carbocycles. The number of aryl methyl sites for hydroxylation is 1. The van der Waals surface area contributed by atoms with Crippen molar-refractivity contribution in [1.29, 1.82) is 0 Å². The Bertz CT molecular complexity index is 1420. The first-order valence-corrected chi connectivity index (χ1v) is 14.9. The Hall–Kier alpha value is -3.68. The molecule has 2 heterocycles. The fourth-order valence-electron chi connectivity index (χ4n) is 6.45. The van der Waals surface area contributed by atoms with Crippen LogP contribution in [0.15, 0.2) is 36.4 Å². The van der Waals surface area contributed by atoms with Crippen LogP contribution in [0.2, 0.25) is 0 Å². The number of piperidine rings is 2. The average molecular weight is 660 g/mol. The molecule has 0 bridgehead atoms. The van der Waals surface area contributed by atoms with Crippen molar-refractivity contribution in [3.63, 3.8) is 0 Å². The molecule has 252 valence electrons. The Morgan fingerprint density at radius 1 is 0.913 bits per heavy atom. The third kappa shape index (κ3) is 7.64. The smallest absolute Gasteiger partial charge is 0.387 e. The van der Waals surface area contributed by atoms with Gasteiger partial charge in [-0.1, -0.05) is 6.07 Å². The molecule has 0 aliphatic carbocycles. The molecule has 2 aromatic carbocycles. The molecule has 7 nitrogen and oxygen atoms in total. The third-order valence-corrected chi connectivity index (χ3v) is 9.23. The molecule has 0 aromatic heterocycles. The quantitative estimate of drug-likeness (QED) is 0.413. The Morgan fingerprint density at radius 2 is 1.48 bits per heavy atom. The Balaban J connectivity index is 1.60. The normalized spacial score (nSPS) is 20.4. The van der Waals surface area contributed by atoms with Crippen LogP contribution in [0, 0.1) is 24.6 Å². The van der Waals surface area contributed by atoms with Gasteiger partial charge in [0, 0.05) is 51.0 Å². The van der Waals surface area contributed by atoms with Gasteiger partial charge in [0.15, 0.2) is 0 Å². The number of carbonyl (C=O) groups is 3. The Kier molecular flexibility index (Phi) is 10.4. The fraction of sp³-hybridized carbons (Fsp3) is 0.531. The summed E-state index contributed by atoms with van der Waals surface area (Å²) in [4.78, 5) is 43.6. The standard InChI is InChI=1S/C32H36F7N3O4/c1-18-12-24(33)4-5-25(18)27-16-42(29(45)20-6-9-41(10-7-20)28(44)17-43)11-8-26(27)30(46)40(3)19(2)21-13-22(31(34,35)36)15-23(14-21)32(37,38)39/h4-5,12-15,19-20,26-27,43H,6-11,16-17H2,1-3H3/t19-,26+,27?/m1/s1. The van der Waals surface area contributed by atoms with E-state index in [4.69, 9.17) is 5.11 Å². The number of rotatable bonds is 6. The third-order valence-electron chi connectivity index (χ3n) is 9.23. The molecule has 2 saturated heterocycles. The van der Waals surface area contributed by atoms with Gasteiger partial charge in [-0.2, -0.15) is 26.3 Å². The lowest BCUT2D eigenvalue weighted by atomic mass is 9.77. The van der Waals surface area contributed by atoms with E-state index in [1.807, 2.05) is 0 Å². The van der Waals surface area contributed by atoms with Crippen molar-refractivity contribution >= 4 is 17.7 Å². The zero-order valence-electron chi connectivity index (χ0n) is 25.6. The van der Waals surface area contributed by atoms with E-state index in [1.165, 1.54) is 37.1 Å². The number of hydrogen-bond donors (Lipinski definition) is 1. The predicted molar refractivity (Wildman–Crippen MR) is 153 cm³/mol. The number of alkyl halides is 6. The SMILES string of the molecule is Cc1cc(F)ccc1C1CN(C(=O)C2CCN(C(=O)CO)CC2)CC[C@@H]1C(=O)N(C)[C@H](C)c1cc(C(F)(F)F)cc(C(F)(F)F)c1. The molecule has 1 N–H and O–H groups in total. The van der Waals surface area contributed by atoms with Gasteiger partial charge in [0.2, 0.25) is 17.7 Å². The topological polar surface area (TPSA) is 81.2 Å². The molecule has 3 amide bonds. The van der Waals surface area contributed by atoms with Crippen molar-refractivity contribution < 1.29 is 50.2 Å². The maximum Gasteiger partial charge on any atom is 0.416 e. The molecule has 2 aliphatic heterocycles. The van der Waals surface area contributed by atoms with Gasteiger partial charge in [-0.05, 0) is 80.1 Å². The number of aliphatic hydroxyl groups excluding tert-OH is 1. The van der Waals surface area contributed by atoms with Crippen LogP contribution < -0.4 is 0 Å². The first-order valence-electron chi connectivity index (χ1n) is 14.9. The van der Waals surface area contributed by atoms with Gasteiger partial charge in [-0.15, -0.1) is 0 Å². The molecule has 46 heavy (non-hydrogen) atoms. The van der Waals surface area contributed by atoms with Crippen LogP contribution in [-0.4, -0.2) is 77.4 Å². The summed E-state index contributed by atoms with van der Waals surface area (Å²) < 4.78 is 95.2. The molecule has 14 heteroatoms. The number of halogens is 7. The molecule has 0 spiro atoms. The van der Waals surface area contributed by atoms with Crippen molar-refractivity contribution in [2.24, 2.45) is 11.8 Å². The lowest BCUT2D eigenvalue weighted by molar-refractivity contribution is -0.146. The van der Waals surface area contributed by atoms with Crippen LogP contribution in [0.1, 0.15) is 66.0 Å². The Labute approximate surface area is 261 Å². The second-order valence-electron chi connectivity index (χ2n) is 12.1. The van der Waals surface area contributed by atoms with E-state index in [0.29, 0.717) is 49.2 Å². The second-order valence-corrected chi connectivity index (χ2v) is 12.1. The monoisotopic (exact) mass is 659 g/mol. The molecule has 2 aliphatic rings. The zero-order valence-corrected chi connectivity index (χ0v) is 25.6. The van der Waals surface area contributed by atoms with Crippen molar-refractivity contribution in [1.82, 2.24) is 14.7 Å². The molecule has 3 atom stereocenters. The van der Waals surface area contributed by atoms with Gasteiger partial charge in [0.25, 0.3) is 0 Å². The van der Waals surface area contributed by atoms with Crippen molar-refractivity contribution in [2.45, 2.75) is 57.4 Å². The van der Waals surface area contributed by atoms with E-state index >= 15 is 0 Å². The van der Waals surface area contributed by atoms with Crippen LogP contribution in [-0.2, 0) is 26.7 Å². The molecular weight excluding hydrogens is 623 g/mol. The van der Waals surface area contributed by atoms with Gasteiger partial charge < -0.3 is 19.8 Å². The van der Waals surface area contributed by atoms with E-state index < -0.39 is 71.5 Å². The van der Waals surface area contributed by atoms with Crippen LogP contribution in [0.4, 0.5) is 30.7 Å². The van der Waals surface area contributed by atoms with E-state index in [9.17, 15) is 45.1 Å². The van der Waals surface area contributed by atoms with Crippen LogP contribution in [0.5, 0.6) is 0 Å². The zero-order chi connectivity index (χ0) is 34.1. The summed E-state index contributed by atoms with van der Waals surface area (Å²) >= 11 is 0. The van der Waals surface area contributed by atoms with Gasteiger partial charge in [0.05, 0.1) is 17.2 Å². The molecule has 1 unspecified atom stereocenters. The number of likely N-dealkylation sites (tertiary alicyclic amines) is 2. The van der Waals surface area contributed by atoms with Crippen molar-refractivity contribution in [2.75, 3.05) is 39.8 Å². The highest BCUT2D eigenvalue weighted by Gasteiger charge is 2.42. The number of benzene rings is 2. The second kappa shape index (κ2) is 13.6. The fourth-order valence-corrected chi connectivity index (χ4v) is 6.45. The molecule has 0 radical (unpaired) electrons. The first kappa shape index (κ1) is 35.2. The molecule has 4 rings (SSSR count). The minimum absolute atomic E-state index is 0.0342. The first-order chi connectivity index (χ1) is 21.4. The van der Waals surface area contributed by atoms with Crippen molar-refractivity contribution in [3.8, 4) is 0 Å². The maximum atomic E-state index is 14.0. The summed E-state index contributed by atoms with van der Waals surface area (Å²) in [6, 6.07) is 4.11. The largest absolute Gasteiger partial charge is 0.416 e. The molecule has 2 aromatic rings. The lowest BCUT2D eigenvalue weighted by Crippen LogP contribution is -2.51. The van der Waals surface area contributed by atoms with Gasteiger partial charge in [0.1, 0.15) is 12.4 Å². The number of carbonyl (C=O) groups excluding carboxylic acids is 3. The number of amides is 3. The summed E-state index contributed by atoms with van der Waals surface area (Å²) in [5, 5.41) is 9.13. The summed E-state index contributed by atoms with van der Waals surface area (Å²) in [6.07, 6.45) is -9.16. The molecule has 2 fully saturated rings. The summed E-state index contributed by atoms with van der Waals surface area (Å²) in [7, 11) is 1.31. The van der Waals surface area contributed by atoms with Gasteiger partial charge in [-0.3, -0.25) is 14.4 Å². The average Bonchev–Trinajstić information content (AvgIpc) is 3.01. The highest BCUT2D eigenvalue weighted by Crippen LogP contribution is 2.40. The van der Waals surface area contributed by atoms with Crippen LogP contribution >= 0.6 is 0 Å². The van der Waals surface area contributed by atoms with Crippen LogP contribution in [0.3, 0.4) is 0 Å². The predicted octanol–water partition coefficient (Wildman–Crippen LogP) is 5.55. The highest BCUT2D eigenvalue weighted by molar-refractivity contribution is 5.83. The number of hydrogen-bond acceptors (Lipinski definition) is 4. The number of aliphatic hydroxyl groups is 1. The van der Waals surface area contributed by atoms with E-state index in [-0.39, 0.29) is 37.0 Å². The van der Waals surface area contributed by atoms with Gasteiger partial charge in [-0.25, -0.2) is 4.39 Å². The van der Waals surface area contributed by atoms with E-state index in [0.717, 1.165) is 4.90 Å². The minimum atomic E-state index is -5.05. The highest BCUT2D eigenvalue weighted by atomic mass is 19.4. The summed E-state index contributed by atoms with van der Waals surface area (Å²) in [5.74, 6) is -3.46. The summed E-state index contributed by atoms with van der Waals surface area (Å²) in [5.41, 5.74) is -2.19. The minimum Gasteiger partial charge on any atom is -0.387 e. The lowest BCUT2D eigenvalue weighted by Gasteiger charge is -2.42. The van der Waals surface area contributed by atoms with Crippen LogP contribution in [0.25, 0.3) is 0 Å². The van der Waals surface area contributed by atoms with Gasteiger partial charge >= 0.3 is 12.4 Å². The van der Waals surface area contributed by atoms with Crippen molar-refractivity contribution in [3.05, 3.63) is 70.0 Å². The number of nitrogens with zero attached hydrogens (tertiary/aromatic N) is 3.